The van der Waals surface area contributed by atoms with Gasteiger partial charge in [-0.2, -0.15) is 0 Å². The van der Waals surface area contributed by atoms with Crippen LogP contribution in [0.25, 0.3) is 0 Å². The van der Waals surface area contributed by atoms with Crippen LogP contribution in [0, 0.1) is 5.92 Å². The number of nitrogens with zero attached hydrogens (tertiary/aromatic N) is 1. The van der Waals surface area contributed by atoms with Crippen molar-refractivity contribution >= 4 is 16.5 Å². The molecule has 1 fully saturated rings. The van der Waals surface area contributed by atoms with Gasteiger partial charge in [-0.25, -0.2) is 9.37 Å². The lowest BCUT2D eigenvalue weighted by Gasteiger charge is -2.24. The molecular weight excluding hydrogens is 201 g/mol. The quantitative estimate of drug-likeness (QED) is 0.790. The Hall–Kier alpha value is -0.680. The topological polar surface area (TPSA) is 50.9 Å². The van der Waals surface area contributed by atoms with E-state index in [4.69, 9.17) is 5.73 Å². The highest BCUT2D eigenvalue weighted by Gasteiger charge is 2.25. The minimum Gasteiger partial charge on any atom is -0.375 e. The first-order valence-electron chi connectivity index (χ1n) is 4.83. The highest BCUT2D eigenvalue weighted by molar-refractivity contribution is 7.15. The molecule has 0 spiro atoms. The Morgan fingerprint density at radius 1 is 1.57 bits per heavy atom. The molecule has 2 heterocycles. The Morgan fingerprint density at radius 3 is 2.86 bits per heavy atom. The van der Waals surface area contributed by atoms with E-state index in [2.05, 4.69) is 10.3 Å². The standard InChI is InChI=1S/C9H14FN3S/c10-8(6-1-3-12-4-2-6)7-5-13-9(11)14-7/h5-6,8,12H,1-4H2,(H2,11,13). The van der Waals surface area contributed by atoms with Crippen LogP contribution in [0.15, 0.2) is 6.20 Å². The van der Waals surface area contributed by atoms with Crippen LogP contribution >= 0.6 is 11.3 Å². The molecule has 0 radical (unpaired) electrons. The van der Waals surface area contributed by atoms with E-state index in [-0.39, 0.29) is 5.92 Å². The van der Waals surface area contributed by atoms with Crippen LogP contribution in [0.1, 0.15) is 23.9 Å². The van der Waals surface area contributed by atoms with E-state index in [1.165, 1.54) is 11.3 Å². The fraction of sp³-hybridized carbons (Fsp3) is 0.667. The third-order valence-corrected chi connectivity index (χ3v) is 3.49. The third kappa shape index (κ3) is 2.04. The summed E-state index contributed by atoms with van der Waals surface area (Å²) in [6, 6.07) is 0. The van der Waals surface area contributed by atoms with Crippen molar-refractivity contribution in [1.29, 1.82) is 0 Å². The first kappa shape index (κ1) is 9.86. The zero-order chi connectivity index (χ0) is 9.97. The first-order chi connectivity index (χ1) is 6.77. The number of nitrogens with one attached hydrogen (secondary N) is 1. The maximum atomic E-state index is 13.9. The summed E-state index contributed by atoms with van der Waals surface area (Å²) in [5.41, 5.74) is 5.47. The maximum Gasteiger partial charge on any atom is 0.180 e. The van der Waals surface area contributed by atoms with Crippen molar-refractivity contribution in [3.8, 4) is 0 Å². The Morgan fingerprint density at radius 2 is 2.29 bits per heavy atom. The van der Waals surface area contributed by atoms with Gasteiger partial charge in [-0.3, -0.25) is 0 Å². The molecule has 1 aliphatic heterocycles. The van der Waals surface area contributed by atoms with Crippen molar-refractivity contribution < 1.29 is 4.39 Å². The maximum absolute atomic E-state index is 13.9. The molecule has 78 valence electrons. The summed E-state index contributed by atoms with van der Waals surface area (Å²) in [6.07, 6.45) is 2.48. The fourth-order valence-electron chi connectivity index (χ4n) is 1.80. The van der Waals surface area contributed by atoms with Gasteiger partial charge in [-0.15, -0.1) is 0 Å². The second-order valence-corrected chi connectivity index (χ2v) is 4.68. The molecule has 1 aliphatic rings. The summed E-state index contributed by atoms with van der Waals surface area (Å²) >= 11 is 1.26. The molecule has 5 heteroatoms. The molecule has 1 aromatic heterocycles. The first-order valence-corrected chi connectivity index (χ1v) is 5.65. The predicted molar refractivity (Wildman–Crippen MR) is 56.0 cm³/mol. The van der Waals surface area contributed by atoms with Crippen molar-refractivity contribution in [3.05, 3.63) is 11.1 Å². The van der Waals surface area contributed by atoms with Crippen molar-refractivity contribution in [1.82, 2.24) is 10.3 Å². The van der Waals surface area contributed by atoms with Crippen LogP contribution in [0.5, 0.6) is 0 Å². The largest absolute Gasteiger partial charge is 0.375 e. The summed E-state index contributed by atoms with van der Waals surface area (Å²) < 4.78 is 13.9. The second-order valence-electron chi connectivity index (χ2n) is 3.59. The van der Waals surface area contributed by atoms with Crippen LogP contribution in [0.4, 0.5) is 9.52 Å². The van der Waals surface area contributed by atoms with Crippen LogP contribution < -0.4 is 11.1 Å². The SMILES string of the molecule is Nc1ncc(C(F)C2CCNCC2)s1. The summed E-state index contributed by atoms with van der Waals surface area (Å²) in [5.74, 6) is 0.135. The summed E-state index contributed by atoms with van der Waals surface area (Å²) in [6.45, 7) is 1.83. The van der Waals surface area contributed by atoms with Gasteiger partial charge in [-0.1, -0.05) is 11.3 Å². The van der Waals surface area contributed by atoms with Crippen LogP contribution in [-0.4, -0.2) is 18.1 Å². The molecule has 0 aliphatic carbocycles. The molecule has 0 saturated carbocycles. The van der Waals surface area contributed by atoms with E-state index in [1.807, 2.05) is 0 Å². The minimum absolute atomic E-state index is 0.135. The molecule has 14 heavy (non-hydrogen) atoms. The zero-order valence-corrected chi connectivity index (χ0v) is 8.69. The number of hydrogen-bond acceptors (Lipinski definition) is 4. The van der Waals surface area contributed by atoms with E-state index in [9.17, 15) is 4.39 Å². The summed E-state index contributed by atoms with van der Waals surface area (Å²) in [5, 5.41) is 3.68. The van der Waals surface area contributed by atoms with Crippen LogP contribution in [-0.2, 0) is 0 Å². The number of rotatable bonds is 2. The Balaban J connectivity index is 2.03. The summed E-state index contributed by atoms with van der Waals surface area (Å²) in [7, 11) is 0. The zero-order valence-electron chi connectivity index (χ0n) is 7.87. The number of nitrogens with two attached hydrogens (primary N) is 1. The van der Waals surface area contributed by atoms with Gasteiger partial charge in [0.2, 0.25) is 0 Å². The number of alkyl halides is 1. The second kappa shape index (κ2) is 4.23. The molecule has 2 rings (SSSR count). The predicted octanol–water partition coefficient (Wildman–Crippen LogP) is 1.74. The monoisotopic (exact) mass is 215 g/mol. The molecule has 1 unspecified atom stereocenters. The van der Waals surface area contributed by atoms with Crippen LogP contribution in [0.2, 0.25) is 0 Å². The van der Waals surface area contributed by atoms with E-state index in [1.54, 1.807) is 6.20 Å². The van der Waals surface area contributed by atoms with Gasteiger partial charge < -0.3 is 11.1 Å². The average Bonchev–Trinajstić information content (AvgIpc) is 2.65. The highest BCUT2D eigenvalue weighted by atomic mass is 32.1. The van der Waals surface area contributed by atoms with Gasteiger partial charge in [0.05, 0.1) is 4.88 Å². The molecular formula is C9H14FN3S. The number of piperidine rings is 1. The molecule has 0 aromatic carbocycles. The lowest BCUT2D eigenvalue weighted by molar-refractivity contribution is 0.193. The van der Waals surface area contributed by atoms with Crippen molar-refractivity contribution in [2.75, 3.05) is 18.8 Å². The van der Waals surface area contributed by atoms with Gasteiger partial charge in [-0.05, 0) is 31.8 Å². The molecule has 0 amide bonds. The fourth-order valence-corrected chi connectivity index (χ4v) is 2.55. The number of thiazole rings is 1. The normalized spacial score (nSPS) is 20.9. The van der Waals surface area contributed by atoms with E-state index >= 15 is 0 Å². The van der Waals surface area contributed by atoms with Gasteiger partial charge in [0.25, 0.3) is 0 Å². The van der Waals surface area contributed by atoms with Crippen molar-refractivity contribution in [3.63, 3.8) is 0 Å². The third-order valence-electron chi connectivity index (χ3n) is 2.61. The summed E-state index contributed by atoms with van der Waals surface area (Å²) in [4.78, 5) is 4.55. The number of halogens is 1. The molecule has 1 aromatic rings. The van der Waals surface area contributed by atoms with E-state index < -0.39 is 6.17 Å². The van der Waals surface area contributed by atoms with Crippen molar-refractivity contribution in [2.24, 2.45) is 5.92 Å². The van der Waals surface area contributed by atoms with E-state index in [0.717, 1.165) is 25.9 Å². The highest BCUT2D eigenvalue weighted by Crippen LogP contribution is 2.35. The molecule has 1 saturated heterocycles. The Labute approximate surface area is 86.5 Å². The lowest BCUT2D eigenvalue weighted by Crippen LogP contribution is -2.29. The number of anilines is 1. The molecule has 1 atom stereocenters. The number of nitrogen functional groups attached to an aromatic ring is 1. The molecule has 3 nitrogen and oxygen atoms in total. The van der Waals surface area contributed by atoms with Crippen LogP contribution in [0.3, 0.4) is 0 Å². The smallest absolute Gasteiger partial charge is 0.180 e. The Bertz CT molecular complexity index is 296. The van der Waals surface area contributed by atoms with E-state index in [0.29, 0.717) is 10.0 Å². The van der Waals surface area contributed by atoms with Gasteiger partial charge in [0.15, 0.2) is 5.13 Å². The number of aromatic nitrogens is 1. The van der Waals surface area contributed by atoms with Gasteiger partial charge in [0.1, 0.15) is 6.17 Å². The van der Waals surface area contributed by atoms with Gasteiger partial charge >= 0.3 is 0 Å². The minimum atomic E-state index is -0.883. The molecule has 0 bridgehead atoms. The number of hydrogen-bond donors (Lipinski definition) is 2. The average molecular weight is 215 g/mol. The lowest BCUT2D eigenvalue weighted by atomic mass is 9.92. The Kier molecular flexibility index (Phi) is 2.98. The van der Waals surface area contributed by atoms with Gasteiger partial charge in [0, 0.05) is 6.20 Å². The van der Waals surface area contributed by atoms with Crippen molar-refractivity contribution in [2.45, 2.75) is 19.0 Å². The molecule has 3 N–H and O–H groups in total.